The van der Waals surface area contributed by atoms with Crippen LogP contribution in [0.3, 0.4) is 0 Å². The predicted octanol–water partition coefficient (Wildman–Crippen LogP) is 3.76. The number of hydrogen-bond donors (Lipinski definition) is 2. The minimum atomic E-state index is -0.650. The van der Waals surface area contributed by atoms with E-state index in [2.05, 4.69) is 5.32 Å². The molecule has 0 spiro atoms. The van der Waals surface area contributed by atoms with E-state index in [1.54, 1.807) is 12.1 Å². The van der Waals surface area contributed by atoms with Crippen LogP contribution in [0, 0.1) is 0 Å². The van der Waals surface area contributed by atoms with Crippen molar-refractivity contribution in [2.45, 2.75) is 18.9 Å². The number of benzene rings is 2. The monoisotopic (exact) mass is 321 g/mol. The van der Waals surface area contributed by atoms with Gasteiger partial charge in [-0.25, -0.2) is 0 Å². The SMILES string of the molecule is O=C1Cc2cc(C(O)Cc3ccc(Cl)c(Cl)c3)ccc2N1. The molecule has 2 N–H and O–H groups in total. The fourth-order valence-electron chi connectivity index (χ4n) is 2.46. The molecule has 1 amide bonds. The molecule has 0 aromatic heterocycles. The van der Waals surface area contributed by atoms with Crippen molar-refractivity contribution in [1.82, 2.24) is 0 Å². The zero-order valence-electron chi connectivity index (χ0n) is 11.1. The number of nitrogens with one attached hydrogen (secondary N) is 1. The zero-order valence-corrected chi connectivity index (χ0v) is 12.6. The third-order valence-corrected chi connectivity index (χ3v) is 4.29. The summed E-state index contributed by atoms with van der Waals surface area (Å²) in [5.41, 5.74) is 3.44. The number of carbonyl (C=O) groups is 1. The maximum Gasteiger partial charge on any atom is 0.228 e. The van der Waals surface area contributed by atoms with Gasteiger partial charge in [0.05, 0.1) is 22.6 Å². The second kappa shape index (κ2) is 5.68. The van der Waals surface area contributed by atoms with Gasteiger partial charge in [-0.1, -0.05) is 41.4 Å². The molecule has 0 bridgehead atoms. The Morgan fingerprint density at radius 1 is 1.14 bits per heavy atom. The van der Waals surface area contributed by atoms with Crippen LogP contribution in [0.4, 0.5) is 5.69 Å². The van der Waals surface area contributed by atoms with Gasteiger partial charge < -0.3 is 10.4 Å². The summed E-state index contributed by atoms with van der Waals surface area (Å²) in [6, 6.07) is 10.8. The lowest BCUT2D eigenvalue weighted by atomic mass is 9.99. The smallest absolute Gasteiger partial charge is 0.228 e. The van der Waals surface area contributed by atoms with Gasteiger partial charge in [0.1, 0.15) is 0 Å². The highest BCUT2D eigenvalue weighted by atomic mass is 35.5. The molecule has 2 aromatic rings. The number of halogens is 2. The van der Waals surface area contributed by atoms with E-state index >= 15 is 0 Å². The molecule has 0 aliphatic carbocycles. The van der Waals surface area contributed by atoms with Gasteiger partial charge in [-0.15, -0.1) is 0 Å². The first-order valence-corrected chi connectivity index (χ1v) is 7.33. The Morgan fingerprint density at radius 3 is 2.71 bits per heavy atom. The molecule has 5 heteroatoms. The van der Waals surface area contributed by atoms with Crippen molar-refractivity contribution in [3.05, 3.63) is 63.1 Å². The molecule has 1 atom stereocenters. The number of anilines is 1. The highest BCUT2D eigenvalue weighted by Crippen LogP contribution is 2.29. The first-order chi connectivity index (χ1) is 10.0. The first kappa shape index (κ1) is 14.4. The number of fused-ring (bicyclic) bond motifs is 1. The van der Waals surface area contributed by atoms with E-state index < -0.39 is 6.10 Å². The van der Waals surface area contributed by atoms with Crippen LogP contribution in [-0.2, 0) is 17.6 Å². The number of hydrogen-bond acceptors (Lipinski definition) is 2. The summed E-state index contributed by atoms with van der Waals surface area (Å²) in [4.78, 5) is 11.3. The van der Waals surface area contributed by atoms with E-state index in [-0.39, 0.29) is 5.91 Å². The van der Waals surface area contributed by atoms with Gasteiger partial charge in [-0.3, -0.25) is 4.79 Å². The van der Waals surface area contributed by atoms with Crippen molar-refractivity contribution in [3.8, 4) is 0 Å². The lowest BCUT2D eigenvalue weighted by molar-refractivity contribution is -0.115. The molecule has 0 saturated carbocycles. The van der Waals surface area contributed by atoms with Gasteiger partial charge in [-0.05, 0) is 34.9 Å². The fraction of sp³-hybridized carbons (Fsp3) is 0.188. The molecule has 3 nitrogen and oxygen atoms in total. The summed E-state index contributed by atoms with van der Waals surface area (Å²) in [7, 11) is 0. The van der Waals surface area contributed by atoms with Crippen LogP contribution in [-0.4, -0.2) is 11.0 Å². The lowest BCUT2D eigenvalue weighted by Crippen LogP contribution is -2.03. The highest BCUT2D eigenvalue weighted by molar-refractivity contribution is 6.42. The Bertz CT molecular complexity index is 715. The number of aliphatic hydroxyl groups excluding tert-OH is 1. The Hall–Kier alpha value is -1.55. The summed E-state index contributed by atoms with van der Waals surface area (Å²) in [6.45, 7) is 0. The van der Waals surface area contributed by atoms with E-state index in [0.717, 1.165) is 22.4 Å². The summed E-state index contributed by atoms with van der Waals surface area (Å²) < 4.78 is 0. The van der Waals surface area contributed by atoms with E-state index in [1.165, 1.54) is 0 Å². The average Bonchev–Trinajstić information content (AvgIpc) is 2.82. The topological polar surface area (TPSA) is 49.3 Å². The molecular weight excluding hydrogens is 309 g/mol. The number of amides is 1. The van der Waals surface area contributed by atoms with Crippen molar-refractivity contribution in [2.24, 2.45) is 0 Å². The molecule has 2 aromatic carbocycles. The van der Waals surface area contributed by atoms with Crippen LogP contribution >= 0.6 is 23.2 Å². The molecule has 0 radical (unpaired) electrons. The standard InChI is InChI=1S/C16H13Cl2NO2/c17-12-3-1-9(5-13(12)18)6-15(20)10-2-4-14-11(7-10)8-16(21)19-14/h1-5,7,15,20H,6,8H2,(H,19,21). The van der Waals surface area contributed by atoms with Gasteiger partial charge in [0.2, 0.25) is 5.91 Å². The zero-order chi connectivity index (χ0) is 15.0. The number of rotatable bonds is 3. The van der Waals surface area contributed by atoms with Crippen molar-refractivity contribution in [1.29, 1.82) is 0 Å². The molecule has 1 unspecified atom stereocenters. The van der Waals surface area contributed by atoms with Gasteiger partial charge in [-0.2, -0.15) is 0 Å². The minimum Gasteiger partial charge on any atom is -0.388 e. The molecule has 0 fully saturated rings. The normalized spacial score (nSPS) is 14.7. The van der Waals surface area contributed by atoms with Gasteiger partial charge in [0, 0.05) is 12.1 Å². The molecule has 1 aliphatic rings. The van der Waals surface area contributed by atoms with E-state index in [9.17, 15) is 9.90 Å². The summed E-state index contributed by atoms with van der Waals surface area (Å²) in [5.74, 6) is -0.0128. The third kappa shape index (κ3) is 3.05. The third-order valence-electron chi connectivity index (χ3n) is 3.55. The number of aliphatic hydroxyl groups is 1. The number of carbonyl (C=O) groups excluding carboxylic acids is 1. The van der Waals surface area contributed by atoms with E-state index in [4.69, 9.17) is 23.2 Å². The van der Waals surface area contributed by atoms with Crippen LogP contribution in [0.25, 0.3) is 0 Å². The van der Waals surface area contributed by atoms with Crippen LogP contribution in [0.5, 0.6) is 0 Å². The van der Waals surface area contributed by atoms with Gasteiger partial charge >= 0.3 is 0 Å². The molecule has 1 aliphatic heterocycles. The molecule has 3 rings (SSSR count). The molecule has 1 heterocycles. The van der Waals surface area contributed by atoms with Crippen molar-refractivity contribution in [3.63, 3.8) is 0 Å². The Morgan fingerprint density at radius 2 is 1.95 bits per heavy atom. The van der Waals surface area contributed by atoms with Gasteiger partial charge in [0.15, 0.2) is 0 Å². The second-order valence-electron chi connectivity index (χ2n) is 5.11. The van der Waals surface area contributed by atoms with E-state index in [0.29, 0.717) is 22.9 Å². The van der Waals surface area contributed by atoms with Crippen LogP contribution in [0.15, 0.2) is 36.4 Å². The minimum absolute atomic E-state index is 0.0128. The quantitative estimate of drug-likeness (QED) is 0.904. The Kier molecular flexibility index (Phi) is 3.89. The summed E-state index contributed by atoms with van der Waals surface area (Å²) in [6.07, 6.45) is 0.156. The van der Waals surface area contributed by atoms with Gasteiger partial charge in [0.25, 0.3) is 0 Å². The van der Waals surface area contributed by atoms with Crippen LogP contribution in [0.1, 0.15) is 22.8 Å². The largest absolute Gasteiger partial charge is 0.388 e. The first-order valence-electron chi connectivity index (χ1n) is 6.57. The maximum atomic E-state index is 11.3. The predicted molar refractivity (Wildman–Crippen MR) is 83.9 cm³/mol. The second-order valence-corrected chi connectivity index (χ2v) is 5.92. The Balaban J connectivity index is 1.79. The summed E-state index contributed by atoms with van der Waals surface area (Å²) in [5, 5.41) is 14.1. The van der Waals surface area contributed by atoms with Crippen LogP contribution < -0.4 is 5.32 Å². The molecule has 21 heavy (non-hydrogen) atoms. The van der Waals surface area contributed by atoms with Crippen LogP contribution in [0.2, 0.25) is 10.0 Å². The molecule has 0 saturated heterocycles. The maximum absolute atomic E-state index is 11.3. The van der Waals surface area contributed by atoms with Crippen molar-refractivity contribution in [2.75, 3.05) is 5.32 Å². The van der Waals surface area contributed by atoms with Crippen molar-refractivity contribution < 1.29 is 9.90 Å². The fourth-order valence-corrected chi connectivity index (χ4v) is 2.78. The molecule has 108 valence electrons. The van der Waals surface area contributed by atoms with E-state index in [1.807, 2.05) is 24.3 Å². The van der Waals surface area contributed by atoms with Crippen molar-refractivity contribution >= 4 is 34.8 Å². The molecular formula is C16H13Cl2NO2. The lowest BCUT2D eigenvalue weighted by Gasteiger charge is -2.13. The highest BCUT2D eigenvalue weighted by Gasteiger charge is 2.19. The Labute approximate surface area is 132 Å². The average molecular weight is 322 g/mol. The summed E-state index contributed by atoms with van der Waals surface area (Å²) >= 11 is 11.9.